The molecule has 0 aliphatic rings. The normalized spacial score (nSPS) is 11.3. The average Bonchev–Trinajstić information content (AvgIpc) is 3.10. The van der Waals surface area contributed by atoms with Crippen LogP contribution in [0.2, 0.25) is 0 Å². The summed E-state index contributed by atoms with van der Waals surface area (Å²) in [6, 6.07) is 10.3. The summed E-state index contributed by atoms with van der Waals surface area (Å²) in [4.78, 5) is 4.25. The molecule has 3 aromatic rings. The van der Waals surface area contributed by atoms with Crippen LogP contribution in [0, 0.1) is 0 Å². The lowest BCUT2D eigenvalue weighted by Gasteiger charge is -2.08. The Labute approximate surface area is 146 Å². The van der Waals surface area contributed by atoms with E-state index in [-0.39, 0.29) is 17.5 Å². The van der Waals surface area contributed by atoms with E-state index in [1.54, 1.807) is 18.2 Å². The lowest BCUT2D eigenvalue weighted by atomic mass is 10.2. The van der Waals surface area contributed by atoms with E-state index >= 15 is 0 Å². The van der Waals surface area contributed by atoms with E-state index < -0.39 is 6.36 Å². The van der Waals surface area contributed by atoms with Crippen molar-refractivity contribution in [3.63, 3.8) is 0 Å². The van der Waals surface area contributed by atoms with E-state index in [2.05, 4.69) is 14.9 Å². The van der Waals surface area contributed by atoms with Gasteiger partial charge in [0.15, 0.2) is 11.5 Å². The third-order valence-corrected chi connectivity index (χ3v) is 3.40. The SMILES string of the molecule is COc1ccc(-c2nc(-c3ccc(OC(F)(F)F)cc3)no2)cc1OC. The number of methoxy groups -OCH3 is 2. The molecule has 26 heavy (non-hydrogen) atoms. The van der Waals surface area contributed by atoms with Crippen molar-refractivity contribution in [3.05, 3.63) is 42.5 Å². The molecular weight excluding hydrogens is 353 g/mol. The van der Waals surface area contributed by atoms with Crippen molar-refractivity contribution in [1.82, 2.24) is 10.1 Å². The van der Waals surface area contributed by atoms with Crippen LogP contribution in [0.15, 0.2) is 47.0 Å². The number of benzene rings is 2. The molecule has 0 bridgehead atoms. The van der Waals surface area contributed by atoms with Crippen LogP contribution in [-0.2, 0) is 0 Å². The van der Waals surface area contributed by atoms with Crippen molar-refractivity contribution < 1.29 is 31.9 Å². The molecule has 0 saturated carbocycles. The zero-order valence-electron chi connectivity index (χ0n) is 13.7. The summed E-state index contributed by atoms with van der Waals surface area (Å²) in [5.41, 5.74) is 1.09. The minimum Gasteiger partial charge on any atom is -0.493 e. The van der Waals surface area contributed by atoms with Gasteiger partial charge in [0.1, 0.15) is 5.75 Å². The minimum absolute atomic E-state index is 0.230. The highest BCUT2D eigenvalue weighted by molar-refractivity contribution is 5.63. The smallest absolute Gasteiger partial charge is 0.493 e. The Hall–Kier alpha value is -3.23. The summed E-state index contributed by atoms with van der Waals surface area (Å²) in [6.45, 7) is 0. The predicted molar refractivity (Wildman–Crippen MR) is 85.0 cm³/mol. The molecule has 0 fully saturated rings. The average molecular weight is 366 g/mol. The first-order valence-electron chi connectivity index (χ1n) is 7.32. The number of aromatic nitrogens is 2. The molecule has 0 aliphatic carbocycles. The summed E-state index contributed by atoms with van der Waals surface area (Å²) < 4.78 is 56.0. The van der Waals surface area contributed by atoms with Gasteiger partial charge in [0, 0.05) is 11.1 Å². The molecule has 9 heteroatoms. The molecule has 1 heterocycles. The number of nitrogens with zero attached hydrogens (tertiary/aromatic N) is 2. The first-order chi connectivity index (χ1) is 12.4. The largest absolute Gasteiger partial charge is 0.573 e. The van der Waals surface area contributed by atoms with Crippen molar-refractivity contribution in [2.75, 3.05) is 14.2 Å². The second-order valence-electron chi connectivity index (χ2n) is 5.07. The van der Waals surface area contributed by atoms with Crippen molar-refractivity contribution in [2.45, 2.75) is 6.36 Å². The third kappa shape index (κ3) is 3.88. The highest BCUT2D eigenvalue weighted by atomic mass is 19.4. The van der Waals surface area contributed by atoms with Gasteiger partial charge in [0.25, 0.3) is 5.89 Å². The van der Waals surface area contributed by atoms with E-state index in [0.717, 1.165) is 0 Å². The van der Waals surface area contributed by atoms with E-state index in [1.165, 1.54) is 38.5 Å². The summed E-state index contributed by atoms with van der Waals surface area (Å²) in [5, 5.41) is 3.84. The molecule has 0 radical (unpaired) electrons. The predicted octanol–water partition coefficient (Wildman–Crippen LogP) is 4.32. The van der Waals surface area contributed by atoms with Crippen LogP contribution in [0.25, 0.3) is 22.8 Å². The van der Waals surface area contributed by atoms with Gasteiger partial charge in [-0.05, 0) is 42.5 Å². The van der Waals surface area contributed by atoms with Gasteiger partial charge in [-0.2, -0.15) is 4.98 Å². The molecule has 0 amide bonds. The van der Waals surface area contributed by atoms with Crippen molar-refractivity contribution in [3.8, 4) is 40.1 Å². The highest BCUT2D eigenvalue weighted by Gasteiger charge is 2.31. The maximum Gasteiger partial charge on any atom is 0.573 e. The van der Waals surface area contributed by atoms with E-state index in [0.29, 0.717) is 22.6 Å². The van der Waals surface area contributed by atoms with Crippen LogP contribution >= 0.6 is 0 Å². The topological polar surface area (TPSA) is 66.6 Å². The molecule has 0 aliphatic heterocycles. The Morgan fingerprint density at radius 1 is 0.885 bits per heavy atom. The van der Waals surface area contributed by atoms with Gasteiger partial charge in [-0.3, -0.25) is 0 Å². The Morgan fingerprint density at radius 3 is 2.15 bits per heavy atom. The first kappa shape index (κ1) is 17.6. The maximum atomic E-state index is 12.2. The molecular formula is C17H13F3N2O4. The fourth-order valence-electron chi connectivity index (χ4n) is 2.23. The van der Waals surface area contributed by atoms with E-state index in [1.807, 2.05) is 0 Å². The fraction of sp³-hybridized carbons (Fsp3) is 0.176. The number of hydrogen-bond acceptors (Lipinski definition) is 6. The van der Waals surface area contributed by atoms with Crippen LogP contribution in [0.3, 0.4) is 0 Å². The van der Waals surface area contributed by atoms with E-state index in [4.69, 9.17) is 14.0 Å². The number of rotatable bonds is 5. The zero-order valence-corrected chi connectivity index (χ0v) is 13.7. The Bertz CT molecular complexity index is 892. The Balaban J connectivity index is 1.84. The van der Waals surface area contributed by atoms with Gasteiger partial charge in [-0.15, -0.1) is 13.2 Å². The molecule has 136 valence electrons. The molecule has 6 nitrogen and oxygen atoms in total. The standard InChI is InChI=1S/C17H13F3N2O4/c1-23-13-8-5-11(9-14(13)24-2)16-21-15(22-26-16)10-3-6-12(7-4-10)25-17(18,19)20/h3-9H,1-2H3. The molecule has 0 atom stereocenters. The molecule has 0 saturated heterocycles. The molecule has 3 rings (SSSR count). The van der Waals surface area contributed by atoms with Gasteiger partial charge in [0.05, 0.1) is 14.2 Å². The summed E-state index contributed by atoms with van der Waals surface area (Å²) >= 11 is 0. The molecule has 1 aromatic heterocycles. The van der Waals surface area contributed by atoms with Crippen molar-refractivity contribution in [2.24, 2.45) is 0 Å². The molecule has 2 aromatic carbocycles. The monoisotopic (exact) mass is 366 g/mol. The Morgan fingerprint density at radius 2 is 1.54 bits per heavy atom. The molecule has 0 unspecified atom stereocenters. The lowest BCUT2D eigenvalue weighted by Crippen LogP contribution is -2.16. The van der Waals surface area contributed by atoms with Gasteiger partial charge in [0.2, 0.25) is 5.82 Å². The summed E-state index contributed by atoms with van der Waals surface area (Å²) in [7, 11) is 3.03. The number of hydrogen-bond donors (Lipinski definition) is 0. The lowest BCUT2D eigenvalue weighted by molar-refractivity contribution is -0.274. The van der Waals surface area contributed by atoms with Crippen LogP contribution in [-0.4, -0.2) is 30.7 Å². The highest BCUT2D eigenvalue weighted by Crippen LogP contribution is 2.32. The van der Waals surface area contributed by atoms with Gasteiger partial charge < -0.3 is 18.7 Å². The van der Waals surface area contributed by atoms with Crippen molar-refractivity contribution >= 4 is 0 Å². The minimum atomic E-state index is -4.74. The first-order valence-corrected chi connectivity index (χ1v) is 7.32. The second-order valence-corrected chi connectivity index (χ2v) is 5.07. The second kappa shape index (κ2) is 6.95. The number of alkyl halides is 3. The van der Waals surface area contributed by atoms with Gasteiger partial charge >= 0.3 is 6.36 Å². The third-order valence-electron chi connectivity index (χ3n) is 3.40. The van der Waals surface area contributed by atoms with Crippen LogP contribution < -0.4 is 14.2 Å². The number of ether oxygens (including phenoxy) is 3. The summed E-state index contributed by atoms with van der Waals surface area (Å²) in [6.07, 6.45) is -4.74. The molecule has 0 N–H and O–H groups in total. The van der Waals surface area contributed by atoms with Crippen molar-refractivity contribution in [1.29, 1.82) is 0 Å². The zero-order chi connectivity index (χ0) is 18.7. The van der Waals surface area contributed by atoms with E-state index in [9.17, 15) is 13.2 Å². The molecule has 0 spiro atoms. The maximum absolute atomic E-state index is 12.2. The quantitative estimate of drug-likeness (QED) is 0.670. The van der Waals surface area contributed by atoms with Crippen LogP contribution in [0.1, 0.15) is 0 Å². The van der Waals surface area contributed by atoms with Gasteiger partial charge in [-0.1, -0.05) is 5.16 Å². The van der Waals surface area contributed by atoms with Gasteiger partial charge in [-0.25, -0.2) is 0 Å². The van der Waals surface area contributed by atoms with Crippen LogP contribution in [0.5, 0.6) is 17.2 Å². The summed E-state index contributed by atoms with van der Waals surface area (Å²) in [5.74, 6) is 1.18. The Kier molecular flexibility index (Phi) is 4.70. The fourth-order valence-corrected chi connectivity index (χ4v) is 2.23. The number of halogens is 3. The van der Waals surface area contributed by atoms with Crippen LogP contribution in [0.4, 0.5) is 13.2 Å².